The quantitative estimate of drug-likeness (QED) is 0.447. The van der Waals surface area contributed by atoms with E-state index in [1.165, 1.54) is 0 Å². The van der Waals surface area contributed by atoms with Crippen LogP contribution < -0.4 is 10.5 Å². The average Bonchev–Trinajstić information content (AvgIpc) is 3.24. The lowest BCUT2D eigenvalue weighted by Crippen LogP contribution is -2.07. The van der Waals surface area contributed by atoms with E-state index in [0.29, 0.717) is 22.8 Å². The van der Waals surface area contributed by atoms with Gasteiger partial charge in [0, 0.05) is 23.5 Å². The molecule has 0 fully saturated rings. The van der Waals surface area contributed by atoms with Crippen molar-refractivity contribution in [3.8, 4) is 22.6 Å². The highest BCUT2D eigenvalue weighted by Gasteiger charge is 2.12. The second-order valence-electron chi connectivity index (χ2n) is 6.06. The largest absolute Gasteiger partial charge is 0.457 e. The fraction of sp³-hybridized carbons (Fsp3) is 0. The predicted molar refractivity (Wildman–Crippen MR) is 107 cm³/mol. The third-order valence-electron chi connectivity index (χ3n) is 4.22. The molecule has 4 N–H and O–H groups in total. The summed E-state index contributed by atoms with van der Waals surface area (Å²) in [5.41, 5.74) is 9.48. The SMILES string of the molecule is N=C(c1ccc[nH]1)c1cc(-c2ccc(Oc3ccccc3)cc2)cnc1N. The summed E-state index contributed by atoms with van der Waals surface area (Å²) in [5, 5.41) is 8.38. The summed E-state index contributed by atoms with van der Waals surface area (Å²) in [7, 11) is 0. The van der Waals surface area contributed by atoms with Gasteiger partial charge in [-0.15, -0.1) is 0 Å². The molecule has 0 radical (unpaired) electrons. The molecule has 0 amide bonds. The summed E-state index contributed by atoms with van der Waals surface area (Å²) in [4.78, 5) is 7.30. The molecule has 4 rings (SSSR count). The van der Waals surface area contributed by atoms with Gasteiger partial charge in [-0.3, -0.25) is 5.41 Å². The Kier molecular flexibility index (Phi) is 4.41. The number of hydrogen-bond donors (Lipinski definition) is 3. The van der Waals surface area contributed by atoms with Crippen LogP contribution in [-0.4, -0.2) is 15.7 Å². The van der Waals surface area contributed by atoms with Crippen LogP contribution in [0.3, 0.4) is 0 Å². The zero-order valence-electron chi connectivity index (χ0n) is 14.5. The van der Waals surface area contributed by atoms with Gasteiger partial charge in [-0.05, 0) is 48.0 Å². The molecule has 2 heterocycles. The van der Waals surface area contributed by atoms with Crippen LogP contribution in [0.5, 0.6) is 11.5 Å². The number of pyridine rings is 1. The molecular weight excluding hydrogens is 336 g/mol. The number of nitrogens with zero attached hydrogens (tertiary/aromatic N) is 1. The van der Waals surface area contributed by atoms with Crippen molar-refractivity contribution in [2.24, 2.45) is 0 Å². The minimum atomic E-state index is 0.316. The molecule has 0 aliphatic heterocycles. The van der Waals surface area contributed by atoms with Crippen molar-refractivity contribution in [1.29, 1.82) is 5.41 Å². The molecule has 0 unspecified atom stereocenters. The average molecular weight is 354 g/mol. The van der Waals surface area contributed by atoms with Crippen molar-refractivity contribution in [3.63, 3.8) is 0 Å². The van der Waals surface area contributed by atoms with Crippen LogP contribution in [0.1, 0.15) is 11.3 Å². The van der Waals surface area contributed by atoms with Crippen LogP contribution in [0, 0.1) is 5.41 Å². The van der Waals surface area contributed by atoms with E-state index in [2.05, 4.69) is 9.97 Å². The minimum absolute atomic E-state index is 0.316. The van der Waals surface area contributed by atoms with Gasteiger partial charge in [-0.1, -0.05) is 30.3 Å². The van der Waals surface area contributed by atoms with E-state index in [1.54, 1.807) is 12.4 Å². The lowest BCUT2D eigenvalue weighted by molar-refractivity contribution is 0.483. The van der Waals surface area contributed by atoms with Gasteiger partial charge in [-0.2, -0.15) is 0 Å². The summed E-state index contributed by atoms with van der Waals surface area (Å²) in [5.74, 6) is 1.89. The van der Waals surface area contributed by atoms with Crippen molar-refractivity contribution >= 4 is 11.5 Å². The standard InChI is InChI=1S/C22H18N4O/c23-21(20-7-4-12-25-20)19-13-16(14-26-22(19)24)15-8-10-18(11-9-15)27-17-5-2-1-3-6-17/h1-14,23,25H,(H2,24,26). The fourth-order valence-corrected chi connectivity index (χ4v) is 2.80. The highest BCUT2D eigenvalue weighted by Crippen LogP contribution is 2.27. The van der Waals surface area contributed by atoms with Crippen LogP contribution in [0.4, 0.5) is 5.82 Å². The monoisotopic (exact) mass is 354 g/mol. The number of nitrogen functional groups attached to an aromatic ring is 1. The molecule has 5 heteroatoms. The lowest BCUT2D eigenvalue weighted by Gasteiger charge is -2.10. The summed E-state index contributed by atoms with van der Waals surface area (Å²) >= 11 is 0. The number of aromatic amines is 1. The molecule has 0 spiro atoms. The lowest BCUT2D eigenvalue weighted by atomic mass is 10.0. The normalized spacial score (nSPS) is 10.5. The Morgan fingerprint density at radius 3 is 2.33 bits per heavy atom. The Morgan fingerprint density at radius 1 is 0.889 bits per heavy atom. The molecule has 0 bridgehead atoms. The third-order valence-corrected chi connectivity index (χ3v) is 4.22. The first-order chi connectivity index (χ1) is 13.2. The molecule has 0 atom stereocenters. The Bertz CT molecular complexity index is 1060. The molecule has 0 aliphatic rings. The van der Waals surface area contributed by atoms with E-state index in [0.717, 1.165) is 22.6 Å². The number of aromatic nitrogens is 2. The predicted octanol–water partition coefficient (Wildman–Crippen LogP) is 4.87. The number of ether oxygens (including phenoxy) is 1. The Labute approximate surface area is 157 Å². The molecule has 2 aromatic heterocycles. The van der Waals surface area contributed by atoms with Crippen LogP contribution in [0.15, 0.2) is 85.2 Å². The second kappa shape index (κ2) is 7.17. The summed E-state index contributed by atoms with van der Waals surface area (Å²) in [6.45, 7) is 0. The summed E-state index contributed by atoms with van der Waals surface area (Å²) in [6.07, 6.45) is 3.50. The van der Waals surface area contributed by atoms with Crippen molar-refractivity contribution < 1.29 is 4.74 Å². The number of benzene rings is 2. The summed E-state index contributed by atoms with van der Waals surface area (Å²) in [6, 6.07) is 23.0. The van der Waals surface area contributed by atoms with Gasteiger partial charge in [-0.25, -0.2) is 4.98 Å². The van der Waals surface area contributed by atoms with E-state index in [-0.39, 0.29) is 0 Å². The molecule has 27 heavy (non-hydrogen) atoms. The van der Waals surface area contributed by atoms with Crippen molar-refractivity contribution in [3.05, 3.63) is 96.4 Å². The van der Waals surface area contributed by atoms with Crippen LogP contribution in [0.25, 0.3) is 11.1 Å². The number of nitrogens with one attached hydrogen (secondary N) is 2. The highest BCUT2D eigenvalue weighted by atomic mass is 16.5. The first kappa shape index (κ1) is 16.6. The number of rotatable bonds is 5. The topological polar surface area (TPSA) is 87.8 Å². The smallest absolute Gasteiger partial charge is 0.132 e. The maximum atomic E-state index is 8.38. The first-order valence-corrected chi connectivity index (χ1v) is 8.52. The van der Waals surface area contributed by atoms with Gasteiger partial charge in [0.2, 0.25) is 0 Å². The van der Waals surface area contributed by atoms with Crippen molar-refractivity contribution in [2.45, 2.75) is 0 Å². The molecule has 132 valence electrons. The van der Waals surface area contributed by atoms with E-state index < -0.39 is 0 Å². The number of para-hydroxylation sites is 1. The minimum Gasteiger partial charge on any atom is -0.457 e. The van der Waals surface area contributed by atoms with Crippen molar-refractivity contribution in [2.75, 3.05) is 5.73 Å². The van der Waals surface area contributed by atoms with Crippen LogP contribution in [-0.2, 0) is 0 Å². The summed E-state index contributed by atoms with van der Waals surface area (Å²) < 4.78 is 5.83. The number of anilines is 1. The van der Waals surface area contributed by atoms with E-state index >= 15 is 0 Å². The molecule has 2 aromatic carbocycles. The van der Waals surface area contributed by atoms with E-state index in [4.69, 9.17) is 15.9 Å². The number of hydrogen-bond acceptors (Lipinski definition) is 4. The third kappa shape index (κ3) is 3.57. The van der Waals surface area contributed by atoms with Crippen LogP contribution in [0.2, 0.25) is 0 Å². The molecule has 5 nitrogen and oxygen atoms in total. The molecular formula is C22H18N4O. The van der Waals surface area contributed by atoms with Gasteiger partial charge >= 0.3 is 0 Å². The van der Waals surface area contributed by atoms with Gasteiger partial charge < -0.3 is 15.5 Å². The highest BCUT2D eigenvalue weighted by molar-refractivity contribution is 6.12. The molecule has 0 saturated carbocycles. The van der Waals surface area contributed by atoms with Gasteiger partial charge in [0.25, 0.3) is 0 Å². The molecule has 0 saturated heterocycles. The Morgan fingerprint density at radius 2 is 1.63 bits per heavy atom. The first-order valence-electron chi connectivity index (χ1n) is 8.52. The Hall–Kier alpha value is -3.86. The van der Waals surface area contributed by atoms with Crippen molar-refractivity contribution in [1.82, 2.24) is 9.97 Å². The number of nitrogens with two attached hydrogens (primary N) is 1. The Balaban J connectivity index is 1.60. The zero-order valence-corrected chi connectivity index (χ0v) is 14.5. The molecule has 4 aromatic rings. The maximum absolute atomic E-state index is 8.38. The number of H-pyrrole nitrogens is 1. The van der Waals surface area contributed by atoms with Gasteiger partial charge in [0.1, 0.15) is 17.3 Å². The van der Waals surface area contributed by atoms with E-state index in [1.807, 2.05) is 72.8 Å². The molecule has 0 aliphatic carbocycles. The van der Waals surface area contributed by atoms with E-state index in [9.17, 15) is 0 Å². The van der Waals surface area contributed by atoms with Crippen LogP contribution >= 0.6 is 0 Å². The maximum Gasteiger partial charge on any atom is 0.132 e. The zero-order chi connectivity index (χ0) is 18.6. The fourth-order valence-electron chi connectivity index (χ4n) is 2.80. The van der Waals surface area contributed by atoms with Gasteiger partial charge in [0.15, 0.2) is 0 Å². The van der Waals surface area contributed by atoms with Gasteiger partial charge in [0.05, 0.1) is 11.4 Å². The second-order valence-corrected chi connectivity index (χ2v) is 6.06.